The van der Waals surface area contributed by atoms with Crippen LogP contribution in [0.3, 0.4) is 0 Å². The van der Waals surface area contributed by atoms with Crippen molar-refractivity contribution >= 4 is 27.3 Å². The molecule has 1 heterocycles. The molecule has 1 atom stereocenters. The van der Waals surface area contributed by atoms with Crippen LogP contribution >= 0.6 is 15.9 Å². The van der Waals surface area contributed by atoms with Gasteiger partial charge in [0.1, 0.15) is 0 Å². The van der Waals surface area contributed by atoms with Gasteiger partial charge in [0.15, 0.2) is 0 Å². The second kappa shape index (κ2) is 4.50. The Hall–Kier alpha value is -0.740. The lowest BCUT2D eigenvalue weighted by atomic mass is 10.2. The number of nitrogen functional groups attached to an aromatic ring is 1. The molecule has 3 rings (SSSR count). The van der Waals surface area contributed by atoms with E-state index in [0.29, 0.717) is 6.04 Å². The molecule has 0 aromatic heterocycles. The van der Waals surface area contributed by atoms with Gasteiger partial charge in [0.2, 0.25) is 0 Å². The standard InChI is InChI=1S/C13H18BrN3/c14-9-1-4-12(15)13(7-9)16-10-5-6-17(8-10)11-2-3-11/h1,4,7,10-11,16H,2-3,5-6,8,15H2. The zero-order valence-corrected chi connectivity index (χ0v) is 11.4. The summed E-state index contributed by atoms with van der Waals surface area (Å²) in [6.07, 6.45) is 4.01. The predicted molar refractivity (Wildman–Crippen MR) is 75.2 cm³/mol. The van der Waals surface area contributed by atoms with Crippen LogP contribution in [0.5, 0.6) is 0 Å². The quantitative estimate of drug-likeness (QED) is 0.843. The van der Waals surface area contributed by atoms with Gasteiger partial charge >= 0.3 is 0 Å². The minimum atomic E-state index is 0.548. The molecule has 0 spiro atoms. The molecule has 1 saturated heterocycles. The molecule has 17 heavy (non-hydrogen) atoms. The molecule has 1 saturated carbocycles. The second-order valence-corrected chi connectivity index (χ2v) is 6.00. The van der Waals surface area contributed by atoms with Gasteiger partial charge in [-0.3, -0.25) is 4.90 Å². The average Bonchev–Trinajstić information content (AvgIpc) is 3.05. The number of halogens is 1. The highest BCUT2D eigenvalue weighted by atomic mass is 79.9. The lowest BCUT2D eigenvalue weighted by Crippen LogP contribution is -2.27. The number of anilines is 2. The Kier molecular flexibility index (Phi) is 3.01. The Bertz CT molecular complexity index is 417. The van der Waals surface area contributed by atoms with E-state index in [2.05, 4.69) is 32.2 Å². The normalized spacial score (nSPS) is 25.1. The molecule has 1 unspecified atom stereocenters. The van der Waals surface area contributed by atoms with E-state index < -0.39 is 0 Å². The highest BCUT2D eigenvalue weighted by Gasteiger charge is 2.34. The van der Waals surface area contributed by atoms with Gasteiger partial charge in [0, 0.05) is 29.6 Å². The van der Waals surface area contributed by atoms with Crippen molar-refractivity contribution in [2.45, 2.75) is 31.3 Å². The number of benzene rings is 1. The van der Waals surface area contributed by atoms with Crippen LogP contribution in [0, 0.1) is 0 Å². The Balaban J connectivity index is 1.64. The second-order valence-electron chi connectivity index (χ2n) is 5.09. The minimum Gasteiger partial charge on any atom is -0.397 e. The van der Waals surface area contributed by atoms with Gasteiger partial charge in [-0.05, 0) is 37.5 Å². The summed E-state index contributed by atoms with van der Waals surface area (Å²) in [6.45, 7) is 2.40. The molecule has 1 aliphatic carbocycles. The maximum absolute atomic E-state index is 5.98. The fraction of sp³-hybridized carbons (Fsp3) is 0.538. The first-order chi connectivity index (χ1) is 8.22. The van der Waals surface area contributed by atoms with E-state index in [-0.39, 0.29) is 0 Å². The van der Waals surface area contributed by atoms with Crippen molar-refractivity contribution < 1.29 is 0 Å². The SMILES string of the molecule is Nc1ccc(Br)cc1NC1CCN(C2CC2)C1. The predicted octanol–water partition coefficient (Wildman–Crippen LogP) is 2.68. The summed E-state index contributed by atoms with van der Waals surface area (Å²) < 4.78 is 1.08. The van der Waals surface area contributed by atoms with E-state index in [1.54, 1.807) is 0 Å². The van der Waals surface area contributed by atoms with Crippen LogP contribution in [0.2, 0.25) is 0 Å². The summed E-state index contributed by atoms with van der Waals surface area (Å²) in [4.78, 5) is 2.60. The van der Waals surface area contributed by atoms with E-state index in [4.69, 9.17) is 5.73 Å². The summed E-state index contributed by atoms with van der Waals surface area (Å²) in [7, 11) is 0. The third-order valence-corrected chi connectivity index (χ3v) is 4.15. The molecule has 3 N–H and O–H groups in total. The van der Waals surface area contributed by atoms with Gasteiger partial charge in [-0.15, -0.1) is 0 Å². The first-order valence-corrected chi connectivity index (χ1v) is 7.07. The van der Waals surface area contributed by atoms with Gasteiger partial charge < -0.3 is 11.1 Å². The molecular formula is C13H18BrN3. The minimum absolute atomic E-state index is 0.548. The van der Waals surface area contributed by atoms with Crippen LogP contribution in [0.4, 0.5) is 11.4 Å². The maximum atomic E-state index is 5.98. The molecule has 1 aromatic carbocycles. The third-order valence-electron chi connectivity index (χ3n) is 3.66. The number of nitrogens with one attached hydrogen (secondary N) is 1. The maximum Gasteiger partial charge on any atom is 0.0587 e. The first-order valence-electron chi connectivity index (χ1n) is 6.28. The number of nitrogens with zero attached hydrogens (tertiary/aromatic N) is 1. The van der Waals surface area contributed by atoms with Gasteiger partial charge in [-0.2, -0.15) is 0 Å². The van der Waals surface area contributed by atoms with E-state index in [0.717, 1.165) is 28.4 Å². The van der Waals surface area contributed by atoms with E-state index in [1.807, 2.05) is 12.1 Å². The van der Waals surface area contributed by atoms with Crippen LogP contribution in [0.15, 0.2) is 22.7 Å². The molecule has 0 radical (unpaired) electrons. The Morgan fingerprint density at radius 2 is 2.12 bits per heavy atom. The van der Waals surface area contributed by atoms with E-state index >= 15 is 0 Å². The molecule has 92 valence electrons. The van der Waals surface area contributed by atoms with Crippen molar-refractivity contribution in [3.8, 4) is 0 Å². The average molecular weight is 296 g/mol. The first kappa shape index (κ1) is 11.4. The third kappa shape index (κ3) is 2.58. The molecule has 1 aromatic rings. The molecule has 4 heteroatoms. The van der Waals surface area contributed by atoms with Crippen LogP contribution in [0.1, 0.15) is 19.3 Å². The van der Waals surface area contributed by atoms with Crippen molar-refractivity contribution in [1.29, 1.82) is 0 Å². The van der Waals surface area contributed by atoms with Crippen molar-refractivity contribution in [3.63, 3.8) is 0 Å². The molecule has 3 nitrogen and oxygen atoms in total. The van der Waals surface area contributed by atoms with Gasteiger partial charge in [0.25, 0.3) is 0 Å². The summed E-state index contributed by atoms with van der Waals surface area (Å²) in [5, 5.41) is 3.57. The Morgan fingerprint density at radius 1 is 1.29 bits per heavy atom. The summed E-state index contributed by atoms with van der Waals surface area (Å²) >= 11 is 3.48. The molecule has 2 aliphatic rings. The van der Waals surface area contributed by atoms with Crippen molar-refractivity contribution in [3.05, 3.63) is 22.7 Å². The van der Waals surface area contributed by atoms with Gasteiger partial charge in [0.05, 0.1) is 11.4 Å². The van der Waals surface area contributed by atoms with Gasteiger partial charge in [-0.1, -0.05) is 15.9 Å². The van der Waals surface area contributed by atoms with Crippen LogP contribution in [0.25, 0.3) is 0 Å². The molecular weight excluding hydrogens is 278 g/mol. The highest BCUT2D eigenvalue weighted by Crippen LogP contribution is 2.31. The molecule has 1 aliphatic heterocycles. The lowest BCUT2D eigenvalue weighted by Gasteiger charge is -2.18. The van der Waals surface area contributed by atoms with Crippen LogP contribution in [-0.4, -0.2) is 30.1 Å². The fourth-order valence-corrected chi connectivity index (χ4v) is 2.91. The van der Waals surface area contributed by atoms with Gasteiger partial charge in [-0.25, -0.2) is 0 Å². The number of rotatable bonds is 3. The highest BCUT2D eigenvalue weighted by molar-refractivity contribution is 9.10. The molecule has 2 fully saturated rings. The van der Waals surface area contributed by atoms with Crippen LogP contribution < -0.4 is 11.1 Å². The summed E-state index contributed by atoms with van der Waals surface area (Å²) in [5.41, 5.74) is 7.87. The monoisotopic (exact) mass is 295 g/mol. The number of nitrogens with two attached hydrogens (primary N) is 1. The van der Waals surface area contributed by atoms with E-state index in [9.17, 15) is 0 Å². The smallest absolute Gasteiger partial charge is 0.0587 e. The Labute approximate surface area is 110 Å². The summed E-state index contributed by atoms with van der Waals surface area (Å²) in [5.74, 6) is 0. The van der Waals surface area contributed by atoms with Crippen molar-refractivity contribution in [2.75, 3.05) is 24.1 Å². The zero-order chi connectivity index (χ0) is 11.8. The Morgan fingerprint density at radius 3 is 2.88 bits per heavy atom. The number of hydrogen-bond acceptors (Lipinski definition) is 3. The number of hydrogen-bond donors (Lipinski definition) is 2. The lowest BCUT2D eigenvalue weighted by molar-refractivity contribution is 0.326. The van der Waals surface area contributed by atoms with E-state index in [1.165, 1.54) is 25.8 Å². The molecule has 0 amide bonds. The topological polar surface area (TPSA) is 41.3 Å². The van der Waals surface area contributed by atoms with Crippen LogP contribution in [-0.2, 0) is 0 Å². The van der Waals surface area contributed by atoms with Crippen molar-refractivity contribution in [1.82, 2.24) is 4.90 Å². The number of likely N-dealkylation sites (tertiary alicyclic amines) is 1. The largest absolute Gasteiger partial charge is 0.397 e. The fourth-order valence-electron chi connectivity index (χ4n) is 2.55. The zero-order valence-electron chi connectivity index (χ0n) is 9.82. The van der Waals surface area contributed by atoms with Crippen molar-refractivity contribution in [2.24, 2.45) is 0 Å². The molecule has 0 bridgehead atoms. The summed E-state index contributed by atoms with van der Waals surface area (Å²) in [6, 6.07) is 7.41.